The zero-order valence-electron chi connectivity index (χ0n) is 14.8. The van der Waals surface area contributed by atoms with Gasteiger partial charge in [-0.05, 0) is 49.2 Å². The summed E-state index contributed by atoms with van der Waals surface area (Å²) < 4.78 is 0. The Hall–Kier alpha value is -2.04. The van der Waals surface area contributed by atoms with E-state index in [4.69, 9.17) is 23.2 Å². The van der Waals surface area contributed by atoms with Crippen LogP contribution in [0.3, 0.4) is 0 Å². The summed E-state index contributed by atoms with van der Waals surface area (Å²) in [5, 5.41) is 3.99. The second-order valence-corrected chi connectivity index (χ2v) is 6.90. The molecule has 0 saturated heterocycles. The molecule has 2 aromatic carbocycles. The van der Waals surface area contributed by atoms with E-state index in [1.807, 2.05) is 31.2 Å². The zero-order valence-corrected chi connectivity index (χ0v) is 16.3. The summed E-state index contributed by atoms with van der Waals surface area (Å²) in [7, 11) is 0. The second-order valence-electron chi connectivity index (χ2n) is 6.03. The zero-order chi connectivity index (χ0) is 19.1. The molecular weight excluding hydrogens is 371 g/mol. The first-order chi connectivity index (χ1) is 12.4. The van der Waals surface area contributed by atoms with Crippen LogP contribution in [0.15, 0.2) is 48.5 Å². The summed E-state index contributed by atoms with van der Waals surface area (Å²) in [6.45, 7) is 4.40. The topological polar surface area (TPSA) is 49.4 Å². The van der Waals surface area contributed by atoms with Gasteiger partial charge in [-0.1, -0.05) is 47.5 Å². The average molecular weight is 393 g/mol. The molecule has 1 unspecified atom stereocenters. The molecule has 6 heteroatoms. The Bertz CT molecular complexity index is 763. The number of halogens is 2. The Morgan fingerprint density at radius 1 is 1.04 bits per heavy atom. The first-order valence-electron chi connectivity index (χ1n) is 8.46. The molecule has 0 spiro atoms. The van der Waals surface area contributed by atoms with Crippen LogP contribution < -0.4 is 5.32 Å². The molecule has 1 atom stereocenters. The SMILES string of the molecule is CCNC(=O)C(C)N(Cc1cccc(Cl)c1)C(=O)Cc1ccc(Cl)cc1. The van der Waals surface area contributed by atoms with Gasteiger partial charge in [-0.15, -0.1) is 0 Å². The Balaban J connectivity index is 2.21. The molecule has 0 aliphatic rings. The first kappa shape index (κ1) is 20.3. The molecule has 138 valence electrons. The number of nitrogens with one attached hydrogen (secondary N) is 1. The van der Waals surface area contributed by atoms with E-state index >= 15 is 0 Å². The van der Waals surface area contributed by atoms with E-state index in [0.29, 0.717) is 23.1 Å². The number of hydrogen-bond donors (Lipinski definition) is 1. The predicted octanol–water partition coefficient (Wildman–Crippen LogP) is 4.09. The van der Waals surface area contributed by atoms with E-state index in [1.54, 1.807) is 36.1 Å². The number of carbonyl (C=O) groups is 2. The summed E-state index contributed by atoms with van der Waals surface area (Å²) >= 11 is 11.9. The van der Waals surface area contributed by atoms with E-state index in [2.05, 4.69) is 5.32 Å². The number of likely N-dealkylation sites (N-methyl/N-ethyl adjacent to an activating group) is 1. The van der Waals surface area contributed by atoms with Gasteiger partial charge in [-0.3, -0.25) is 9.59 Å². The molecule has 0 heterocycles. The summed E-state index contributed by atoms with van der Waals surface area (Å²) in [6, 6.07) is 13.8. The van der Waals surface area contributed by atoms with Crippen molar-refractivity contribution < 1.29 is 9.59 Å². The summed E-state index contributed by atoms with van der Waals surface area (Å²) in [4.78, 5) is 26.8. The van der Waals surface area contributed by atoms with Gasteiger partial charge in [0.05, 0.1) is 6.42 Å². The van der Waals surface area contributed by atoms with Crippen molar-refractivity contribution >= 4 is 35.0 Å². The molecule has 0 aliphatic carbocycles. The number of hydrogen-bond acceptors (Lipinski definition) is 2. The normalized spacial score (nSPS) is 11.7. The van der Waals surface area contributed by atoms with E-state index in [1.165, 1.54) is 0 Å². The van der Waals surface area contributed by atoms with Gasteiger partial charge in [0.25, 0.3) is 0 Å². The average Bonchev–Trinajstić information content (AvgIpc) is 2.61. The third-order valence-corrected chi connectivity index (χ3v) is 4.52. The van der Waals surface area contributed by atoms with E-state index < -0.39 is 6.04 Å². The van der Waals surface area contributed by atoms with Gasteiger partial charge in [-0.25, -0.2) is 0 Å². The largest absolute Gasteiger partial charge is 0.355 e. The van der Waals surface area contributed by atoms with E-state index in [9.17, 15) is 9.59 Å². The molecule has 0 saturated carbocycles. The highest BCUT2D eigenvalue weighted by Crippen LogP contribution is 2.17. The molecule has 0 aliphatic heterocycles. The van der Waals surface area contributed by atoms with Crippen LogP contribution in [0.5, 0.6) is 0 Å². The van der Waals surface area contributed by atoms with Crippen molar-refractivity contribution in [3.63, 3.8) is 0 Å². The van der Waals surface area contributed by atoms with Crippen molar-refractivity contribution in [1.82, 2.24) is 10.2 Å². The Labute approximate surface area is 164 Å². The third kappa shape index (κ3) is 5.75. The van der Waals surface area contributed by atoms with Gasteiger partial charge in [0, 0.05) is 23.1 Å². The summed E-state index contributed by atoms with van der Waals surface area (Å²) in [6.07, 6.45) is 0.196. The lowest BCUT2D eigenvalue weighted by atomic mass is 10.1. The third-order valence-electron chi connectivity index (χ3n) is 4.03. The monoisotopic (exact) mass is 392 g/mol. The van der Waals surface area contributed by atoms with Crippen LogP contribution in [-0.4, -0.2) is 29.3 Å². The van der Waals surface area contributed by atoms with Crippen LogP contribution >= 0.6 is 23.2 Å². The molecule has 2 rings (SSSR count). The highest BCUT2D eigenvalue weighted by Gasteiger charge is 2.25. The van der Waals surface area contributed by atoms with Crippen molar-refractivity contribution in [2.45, 2.75) is 32.9 Å². The molecule has 2 aromatic rings. The summed E-state index contributed by atoms with van der Waals surface area (Å²) in [5.74, 6) is -0.315. The predicted molar refractivity (Wildman–Crippen MR) is 105 cm³/mol. The highest BCUT2D eigenvalue weighted by atomic mass is 35.5. The number of nitrogens with zero attached hydrogens (tertiary/aromatic N) is 1. The van der Waals surface area contributed by atoms with Gasteiger partial charge in [0.1, 0.15) is 6.04 Å². The first-order valence-corrected chi connectivity index (χ1v) is 9.22. The Kier molecular flexibility index (Phi) is 7.49. The summed E-state index contributed by atoms with van der Waals surface area (Å²) in [5.41, 5.74) is 1.72. The van der Waals surface area contributed by atoms with Crippen molar-refractivity contribution in [2.75, 3.05) is 6.54 Å². The molecule has 0 bridgehead atoms. The molecular formula is C20H22Cl2N2O2. The van der Waals surface area contributed by atoms with E-state index in [-0.39, 0.29) is 18.2 Å². The fourth-order valence-corrected chi connectivity index (χ4v) is 2.95. The Morgan fingerprint density at radius 2 is 1.73 bits per heavy atom. The molecule has 4 nitrogen and oxygen atoms in total. The van der Waals surface area contributed by atoms with E-state index in [0.717, 1.165) is 11.1 Å². The van der Waals surface area contributed by atoms with Crippen molar-refractivity contribution in [3.8, 4) is 0 Å². The lowest BCUT2D eigenvalue weighted by Gasteiger charge is -2.29. The van der Waals surface area contributed by atoms with Gasteiger partial charge in [-0.2, -0.15) is 0 Å². The standard InChI is InChI=1S/C20H22Cl2N2O2/c1-3-23-20(26)14(2)24(13-16-5-4-6-18(22)11-16)19(25)12-15-7-9-17(21)10-8-15/h4-11,14H,3,12-13H2,1-2H3,(H,23,26). The Morgan fingerprint density at radius 3 is 2.35 bits per heavy atom. The van der Waals surface area contributed by atoms with Crippen molar-refractivity contribution in [3.05, 3.63) is 69.7 Å². The fraction of sp³-hybridized carbons (Fsp3) is 0.300. The molecule has 0 aromatic heterocycles. The number of amides is 2. The molecule has 0 fully saturated rings. The second kappa shape index (κ2) is 9.60. The number of benzene rings is 2. The molecule has 1 N–H and O–H groups in total. The van der Waals surface area contributed by atoms with Crippen molar-refractivity contribution in [2.24, 2.45) is 0 Å². The molecule has 2 amide bonds. The minimum Gasteiger partial charge on any atom is -0.355 e. The number of carbonyl (C=O) groups excluding carboxylic acids is 2. The highest BCUT2D eigenvalue weighted by molar-refractivity contribution is 6.30. The van der Waals surface area contributed by atoms with Gasteiger partial charge < -0.3 is 10.2 Å². The van der Waals surface area contributed by atoms with Crippen LogP contribution in [0.2, 0.25) is 10.0 Å². The quantitative estimate of drug-likeness (QED) is 0.771. The number of rotatable bonds is 7. The minimum absolute atomic E-state index is 0.133. The van der Waals surface area contributed by atoms with Crippen LogP contribution in [0.4, 0.5) is 0 Å². The maximum atomic E-state index is 12.9. The van der Waals surface area contributed by atoms with Gasteiger partial charge in [0.2, 0.25) is 11.8 Å². The van der Waals surface area contributed by atoms with Gasteiger partial charge >= 0.3 is 0 Å². The fourth-order valence-electron chi connectivity index (χ4n) is 2.62. The van der Waals surface area contributed by atoms with Crippen LogP contribution in [-0.2, 0) is 22.6 Å². The smallest absolute Gasteiger partial charge is 0.242 e. The van der Waals surface area contributed by atoms with Crippen molar-refractivity contribution in [1.29, 1.82) is 0 Å². The molecule has 26 heavy (non-hydrogen) atoms. The van der Waals surface area contributed by atoms with Crippen LogP contribution in [0.1, 0.15) is 25.0 Å². The van der Waals surface area contributed by atoms with Gasteiger partial charge in [0.15, 0.2) is 0 Å². The van der Waals surface area contributed by atoms with Crippen LogP contribution in [0.25, 0.3) is 0 Å². The maximum Gasteiger partial charge on any atom is 0.242 e. The van der Waals surface area contributed by atoms with Crippen LogP contribution in [0, 0.1) is 0 Å². The molecule has 0 radical (unpaired) electrons. The minimum atomic E-state index is -0.589. The maximum absolute atomic E-state index is 12.9. The lowest BCUT2D eigenvalue weighted by molar-refractivity contribution is -0.140. The lowest BCUT2D eigenvalue weighted by Crippen LogP contribution is -2.48.